The summed E-state index contributed by atoms with van der Waals surface area (Å²) >= 11 is 1.26. The maximum absolute atomic E-state index is 14.0. The summed E-state index contributed by atoms with van der Waals surface area (Å²) in [5.41, 5.74) is -1.31. The van der Waals surface area contributed by atoms with Gasteiger partial charge in [-0.3, -0.25) is 10.1 Å². The van der Waals surface area contributed by atoms with Crippen LogP contribution in [0.3, 0.4) is 0 Å². The number of halogens is 1. The highest BCUT2D eigenvalue weighted by Gasteiger charge is 2.38. The Hall–Kier alpha value is -1.83. The first-order valence-corrected chi connectivity index (χ1v) is 7.50. The van der Waals surface area contributed by atoms with Crippen LogP contribution in [0.4, 0.5) is 9.52 Å². The SMILES string of the molecule is CO[C@@](C)(C(=O)Nc1ncc(CCO)s1)c1ccccc1F. The number of nitrogens with one attached hydrogen (secondary N) is 1. The number of rotatable bonds is 6. The van der Waals surface area contributed by atoms with Gasteiger partial charge in [0.1, 0.15) is 5.82 Å². The van der Waals surface area contributed by atoms with Crippen LogP contribution in [0.15, 0.2) is 30.5 Å². The maximum Gasteiger partial charge on any atom is 0.262 e. The van der Waals surface area contributed by atoms with Crippen molar-refractivity contribution in [1.82, 2.24) is 4.98 Å². The van der Waals surface area contributed by atoms with Gasteiger partial charge in [-0.1, -0.05) is 18.2 Å². The molecule has 0 aliphatic heterocycles. The predicted molar refractivity (Wildman–Crippen MR) is 82.3 cm³/mol. The molecular formula is C15H17FN2O3S. The third kappa shape index (κ3) is 3.32. The van der Waals surface area contributed by atoms with Crippen LogP contribution in [0.25, 0.3) is 0 Å². The molecule has 1 aromatic heterocycles. The second-order valence-electron chi connectivity index (χ2n) is 4.78. The zero-order valence-corrected chi connectivity index (χ0v) is 13.1. The summed E-state index contributed by atoms with van der Waals surface area (Å²) < 4.78 is 19.3. The normalized spacial score (nSPS) is 13.6. The minimum absolute atomic E-state index is 0.0145. The molecule has 0 aliphatic rings. The molecule has 1 atom stereocenters. The lowest BCUT2D eigenvalue weighted by Crippen LogP contribution is -2.40. The van der Waals surface area contributed by atoms with E-state index in [0.29, 0.717) is 11.6 Å². The molecule has 118 valence electrons. The fraction of sp³-hybridized carbons (Fsp3) is 0.333. The molecule has 1 aromatic carbocycles. The van der Waals surface area contributed by atoms with E-state index >= 15 is 0 Å². The monoisotopic (exact) mass is 324 g/mol. The average Bonchev–Trinajstić information content (AvgIpc) is 2.94. The Kier molecular flexibility index (Phi) is 5.23. The summed E-state index contributed by atoms with van der Waals surface area (Å²) in [6.07, 6.45) is 2.06. The summed E-state index contributed by atoms with van der Waals surface area (Å²) in [4.78, 5) is 17.4. The van der Waals surface area contributed by atoms with E-state index in [1.807, 2.05) is 0 Å². The van der Waals surface area contributed by atoms with E-state index in [9.17, 15) is 9.18 Å². The number of aliphatic hydroxyl groups is 1. The van der Waals surface area contributed by atoms with Gasteiger partial charge < -0.3 is 9.84 Å². The number of nitrogens with zero attached hydrogens (tertiary/aromatic N) is 1. The lowest BCUT2D eigenvalue weighted by Gasteiger charge is -2.27. The smallest absolute Gasteiger partial charge is 0.262 e. The molecule has 0 saturated heterocycles. The average molecular weight is 324 g/mol. The van der Waals surface area contributed by atoms with Crippen molar-refractivity contribution in [2.45, 2.75) is 18.9 Å². The van der Waals surface area contributed by atoms with E-state index in [1.165, 1.54) is 37.5 Å². The zero-order valence-electron chi connectivity index (χ0n) is 12.3. The Morgan fingerprint density at radius 2 is 2.23 bits per heavy atom. The van der Waals surface area contributed by atoms with Gasteiger partial charge in [0.05, 0.1) is 0 Å². The lowest BCUT2D eigenvalue weighted by molar-refractivity contribution is -0.137. The molecule has 2 rings (SSSR count). The highest BCUT2D eigenvalue weighted by atomic mass is 32.1. The summed E-state index contributed by atoms with van der Waals surface area (Å²) in [5.74, 6) is -1.02. The van der Waals surface area contributed by atoms with Crippen LogP contribution in [0, 0.1) is 5.82 Å². The highest BCUT2D eigenvalue weighted by Crippen LogP contribution is 2.29. The molecule has 0 unspecified atom stereocenters. The van der Waals surface area contributed by atoms with E-state index < -0.39 is 17.3 Å². The minimum Gasteiger partial charge on any atom is -0.396 e. The van der Waals surface area contributed by atoms with Crippen LogP contribution in [-0.2, 0) is 21.6 Å². The number of aromatic nitrogens is 1. The number of amides is 1. The van der Waals surface area contributed by atoms with E-state index in [1.54, 1.807) is 18.3 Å². The maximum atomic E-state index is 14.0. The first-order valence-electron chi connectivity index (χ1n) is 6.68. The summed E-state index contributed by atoms with van der Waals surface area (Å²) in [6.45, 7) is 1.52. The third-order valence-electron chi connectivity index (χ3n) is 3.36. The number of carbonyl (C=O) groups is 1. The Morgan fingerprint density at radius 3 is 2.86 bits per heavy atom. The second kappa shape index (κ2) is 6.95. The van der Waals surface area contributed by atoms with Crippen molar-refractivity contribution in [3.63, 3.8) is 0 Å². The van der Waals surface area contributed by atoms with Gasteiger partial charge in [0.15, 0.2) is 10.7 Å². The predicted octanol–water partition coefficient (Wildman–Crippen LogP) is 2.32. The largest absolute Gasteiger partial charge is 0.396 e. The molecule has 0 bridgehead atoms. The van der Waals surface area contributed by atoms with Crippen LogP contribution in [0.5, 0.6) is 0 Å². The Labute approximate surface area is 131 Å². The number of anilines is 1. The van der Waals surface area contributed by atoms with Gasteiger partial charge in [-0.25, -0.2) is 9.37 Å². The topological polar surface area (TPSA) is 71.5 Å². The molecule has 1 heterocycles. The number of hydrogen-bond acceptors (Lipinski definition) is 5. The number of thiazole rings is 1. The Balaban J connectivity index is 2.22. The van der Waals surface area contributed by atoms with Gasteiger partial charge in [0.2, 0.25) is 0 Å². The fourth-order valence-corrected chi connectivity index (χ4v) is 2.78. The van der Waals surface area contributed by atoms with Gasteiger partial charge >= 0.3 is 0 Å². The van der Waals surface area contributed by atoms with Crippen LogP contribution >= 0.6 is 11.3 Å². The molecule has 0 saturated carbocycles. The van der Waals surface area contributed by atoms with Gasteiger partial charge in [0, 0.05) is 36.8 Å². The van der Waals surface area contributed by atoms with Crippen LogP contribution in [-0.4, -0.2) is 29.7 Å². The molecule has 0 spiro atoms. The quantitative estimate of drug-likeness (QED) is 0.855. The van der Waals surface area contributed by atoms with E-state index in [2.05, 4.69) is 10.3 Å². The minimum atomic E-state index is -1.46. The van der Waals surface area contributed by atoms with Crippen LogP contribution < -0.4 is 5.32 Å². The molecule has 5 nitrogen and oxygen atoms in total. The van der Waals surface area contributed by atoms with Gasteiger partial charge in [0.25, 0.3) is 5.91 Å². The Morgan fingerprint density at radius 1 is 1.50 bits per heavy atom. The molecule has 2 aromatic rings. The summed E-state index contributed by atoms with van der Waals surface area (Å²) in [7, 11) is 1.35. The molecular weight excluding hydrogens is 307 g/mol. The molecule has 22 heavy (non-hydrogen) atoms. The first kappa shape index (κ1) is 16.5. The van der Waals surface area contributed by atoms with Crippen molar-refractivity contribution in [1.29, 1.82) is 0 Å². The highest BCUT2D eigenvalue weighted by molar-refractivity contribution is 7.15. The molecule has 2 N–H and O–H groups in total. The molecule has 7 heteroatoms. The molecule has 0 radical (unpaired) electrons. The van der Waals surface area contributed by atoms with Crippen molar-refractivity contribution >= 4 is 22.4 Å². The number of methoxy groups -OCH3 is 1. The molecule has 0 aliphatic carbocycles. The third-order valence-corrected chi connectivity index (χ3v) is 4.33. The van der Waals surface area contributed by atoms with Crippen LogP contribution in [0.2, 0.25) is 0 Å². The molecule has 1 amide bonds. The van der Waals surface area contributed by atoms with Crippen molar-refractivity contribution < 1.29 is 19.0 Å². The summed E-state index contributed by atoms with van der Waals surface area (Å²) in [6, 6.07) is 5.99. The Bertz CT molecular complexity index is 662. The van der Waals surface area contributed by atoms with E-state index in [4.69, 9.17) is 9.84 Å². The van der Waals surface area contributed by atoms with Crippen molar-refractivity contribution in [3.8, 4) is 0 Å². The van der Waals surface area contributed by atoms with Gasteiger partial charge in [-0.15, -0.1) is 11.3 Å². The lowest BCUT2D eigenvalue weighted by atomic mass is 9.94. The number of ether oxygens (including phenoxy) is 1. The van der Waals surface area contributed by atoms with Crippen LogP contribution in [0.1, 0.15) is 17.4 Å². The standard InChI is InChI=1S/C15H17FN2O3S/c1-15(21-2,11-5-3-4-6-12(11)16)13(20)18-14-17-9-10(22-14)7-8-19/h3-6,9,19H,7-8H2,1-2H3,(H,17,18,20)/t15-/m1/s1. The molecule has 0 fully saturated rings. The second-order valence-corrected chi connectivity index (χ2v) is 5.89. The van der Waals surface area contributed by atoms with Crippen molar-refractivity contribution in [2.24, 2.45) is 0 Å². The van der Waals surface area contributed by atoms with Crippen molar-refractivity contribution in [2.75, 3.05) is 19.0 Å². The number of carbonyl (C=O) groups excluding carboxylic acids is 1. The van der Waals surface area contributed by atoms with Crippen molar-refractivity contribution in [3.05, 3.63) is 46.7 Å². The first-order chi connectivity index (χ1) is 10.5. The van der Waals surface area contributed by atoms with E-state index in [0.717, 1.165) is 4.88 Å². The zero-order chi connectivity index (χ0) is 16.2. The van der Waals surface area contributed by atoms with E-state index in [-0.39, 0.29) is 12.2 Å². The summed E-state index contributed by atoms with van der Waals surface area (Å²) in [5, 5.41) is 11.9. The van der Waals surface area contributed by atoms with Gasteiger partial charge in [-0.05, 0) is 13.0 Å². The number of hydrogen-bond donors (Lipinski definition) is 2. The fourth-order valence-electron chi connectivity index (χ4n) is 1.98. The number of benzene rings is 1. The van der Waals surface area contributed by atoms with Gasteiger partial charge in [-0.2, -0.15) is 0 Å². The number of aliphatic hydroxyl groups excluding tert-OH is 1.